The minimum Gasteiger partial charge on any atom is -0.465 e. The van der Waals surface area contributed by atoms with Gasteiger partial charge in [-0.25, -0.2) is 4.79 Å². The lowest BCUT2D eigenvalue weighted by molar-refractivity contribution is -0.393. The van der Waals surface area contributed by atoms with Crippen LogP contribution in [0.4, 0.5) is 17.1 Å². The van der Waals surface area contributed by atoms with Crippen LogP contribution >= 0.6 is 0 Å². The third-order valence-corrected chi connectivity index (χ3v) is 5.00. The Labute approximate surface area is 165 Å². The van der Waals surface area contributed by atoms with E-state index in [2.05, 4.69) is 4.74 Å². The molecule has 0 radical (unpaired) electrons. The Morgan fingerprint density at radius 3 is 2.34 bits per heavy atom. The molecule has 1 unspecified atom stereocenters. The third kappa shape index (κ3) is 4.11. The smallest absolute Gasteiger partial charge is 0.340 e. The van der Waals surface area contributed by atoms with Crippen molar-refractivity contribution < 1.29 is 28.9 Å². The molecule has 0 bridgehead atoms. The highest BCUT2D eigenvalue weighted by atomic mass is 16.6. The van der Waals surface area contributed by atoms with Crippen LogP contribution in [-0.2, 0) is 14.3 Å². The van der Waals surface area contributed by atoms with Crippen molar-refractivity contribution in [3.8, 4) is 0 Å². The summed E-state index contributed by atoms with van der Waals surface area (Å²) in [5.74, 6) is -1.03. The van der Waals surface area contributed by atoms with Crippen molar-refractivity contribution in [2.75, 3.05) is 44.8 Å². The molecular weight excluding hydrogens is 388 g/mol. The molecule has 12 heteroatoms. The average molecular weight is 408 g/mol. The van der Waals surface area contributed by atoms with Gasteiger partial charge in [-0.15, -0.1) is 0 Å². The zero-order valence-corrected chi connectivity index (χ0v) is 15.7. The zero-order chi connectivity index (χ0) is 21.1. The Morgan fingerprint density at radius 1 is 1.14 bits per heavy atom. The molecule has 29 heavy (non-hydrogen) atoms. The van der Waals surface area contributed by atoms with Crippen LogP contribution in [0.15, 0.2) is 12.1 Å². The molecule has 12 nitrogen and oxygen atoms in total. The summed E-state index contributed by atoms with van der Waals surface area (Å²) in [7, 11) is 1.09. The molecule has 0 N–H and O–H groups in total. The summed E-state index contributed by atoms with van der Waals surface area (Å²) in [6, 6.07) is 1.80. The second-order valence-corrected chi connectivity index (χ2v) is 6.68. The number of nitro benzene ring substituents is 2. The van der Waals surface area contributed by atoms with Gasteiger partial charge in [-0.05, 0) is 12.8 Å². The molecular formula is C17H20N4O8. The van der Waals surface area contributed by atoms with Crippen LogP contribution in [0.25, 0.3) is 0 Å². The highest BCUT2D eigenvalue weighted by Crippen LogP contribution is 2.37. The number of piperazine rings is 1. The van der Waals surface area contributed by atoms with E-state index in [1.807, 2.05) is 0 Å². The van der Waals surface area contributed by atoms with E-state index in [0.717, 1.165) is 25.7 Å². The number of nitro groups is 2. The van der Waals surface area contributed by atoms with E-state index in [1.54, 1.807) is 9.80 Å². The van der Waals surface area contributed by atoms with E-state index in [0.29, 0.717) is 13.0 Å². The van der Waals surface area contributed by atoms with Gasteiger partial charge in [0.15, 0.2) is 0 Å². The largest absolute Gasteiger partial charge is 0.465 e. The van der Waals surface area contributed by atoms with E-state index in [9.17, 15) is 29.8 Å². The molecule has 2 saturated heterocycles. The van der Waals surface area contributed by atoms with Gasteiger partial charge in [0.1, 0.15) is 11.8 Å². The lowest BCUT2D eigenvalue weighted by Gasteiger charge is -2.37. The molecule has 156 valence electrons. The molecule has 1 amide bonds. The fourth-order valence-corrected chi connectivity index (χ4v) is 3.57. The van der Waals surface area contributed by atoms with Crippen LogP contribution in [0, 0.1) is 20.2 Å². The summed E-state index contributed by atoms with van der Waals surface area (Å²) in [4.78, 5) is 49.0. The first-order valence-electron chi connectivity index (χ1n) is 9.04. The topological polar surface area (TPSA) is 145 Å². The number of non-ortho nitro benzene ring substituents is 1. The van der Waals surface area contributed by atoms with Crippen molar-refractivity contribution in [2.24, 2.45) is 0 Å². The van der Waals surface area contributed by atoms with Crippen molar-refractivity contribution in [3.05, 3.63) is 37.9 Å². The summed E-state index contributed by atoms with van der Waals surface area (Å²) in [5.41, 5.74) is -1.43. The van der Waals surface area contributed by atoms with Crippen molar-refractivity contribution in [2.45, 2.75) is 18.9 Å². The molecule has 0 aromatic heterocycles. The molecule has 2 heterocycles. The number of rotatable bonds is 5. The number of carbonyl (C=O) groups is 2. The maximum absolute atomic E-state index is 12.5. The van der Waals surface area contributed by atoms with E-state index in [-0.39, 0.29) is 43.3 Å². The fraction of sp³-hybridized carbons (Fsp3) is 0.529. The second-order valence-electron chi connectivity index (χ2n) is 6.68. The molecule has 2 fully saturated rings. The van der Waals surface area contributed by atoms with Gasteiger partial charge in [-0.3, -0.25) is 25.0 Å². The number of hydrogen-bond acceptors (Lipinski definition) is 9. The van der Waals surface area contributed by atoms with Crippen molar-refractivity contribution >= 4 is 28.9 Å². The summed E-state index contributed by atoms with van der Waals surface area (Å²) >= 11 is 0. The molecule has 0 spiro atoms. The van der Waals surface area contributed by atoms with Gasteiger partial charge in [0.25, 0.3) is 17.3 Å². The molecule has 2 aliphatic rings. The quantitative estimate of drug-likeness (QED) is 0.397. The maximum Gasteiger partial charge on any atom is 0.340 e. The Kier molecular flexibility index (Phi) is 5.92. The van der Waals surface area contributed by atoms with Gasteiger partial charge in [0.05, 0.1) is 28.6 Å². The van der Waals surface area contributed by atoms with Gasteiger partial charge in [-0.1, -0.05) is 0 Å². The van der Waals surface area contributed by atoms with Crippen molar-refractivity contribution in [3.63, 3.8) is 0 Å². The summed E-state index contributed by atoms with van der Waals surface area (Å²) in [6.45, 7) is 1.57. The number of methoxy groups -OCH3 is 1. The van der Waals surface area contributed by atoms with Crippen LogP contribution < -0.4 is 4.90 Å². The fourth-order valence-electron chi connectivity index (χ4n) is 3.57. The third-order valence-electron chi connectivity index (χ3n) is 5.00. The Balaban J connectivity index is 1.89. The summed E-state index contributed by atoms with van der Waals surface area (Å²) in [6.07, 6.45) is 1.04. The first-order valence-corrected chi connectivity index (χ1v) is 9.04. The number of amides is 1. The number of benzene rings is 1. The normalized spacial score (nSPS) is 19.1. The Bertz CT molecular complexity index is 844. The first-order chi connectivity index (χ1) is 13.8. The van der Waals surface area contributed by atoms with Gasteiger partial charge in [-0.2, -0.15) is 0 Å². The van der Waals surface area contributed by atoms with Crippen LogP contribution in [0.2, 0.25) is 0 Å². The lowest BCUT2D eigenvalue weighted by Crippen LogP contribution is -2.51. The van der Waals surface area contributed by atoms with Gasteiger partial charge >= 0.3 is 5.97 Å². The minimum absolute atomic E-state index is 0.0448. The van der Waals surface area contributed by atoms with Gasteiger partial charge < -0.3 is 19.3 Å². The molecule has 2 aliphatic heterocycles. The van der Waals surface area contributed by atoms with E-state index < -0.39 is 33.3 Å². The number of nitrogens with zero attached hydrogens (tertiary/aromatic N) is 4. The van der Waals surface area contributed by atoms with Gasteiger partial charge in [0, 0.05) is 38.9 Å². The monoisotopic (exact) mass is 408 g/mol. The summed E-state index contributed by atoms with van der Waals surface area (Å²) in [5, 5.41) is 22.7. The minimum atomic E-state index is -0.912. The standard InChI is InChI=1S/C17H20N4O8/c1-28-17(23)12-9-11(20(24)25)10-13(21(26)27)15(12)18-4-6-19(7-5-18)16(22)14-3-2-8-29-14/h9-10,14H,2-8H2,1H3. The molecule has 0 aliphatic carbocycles. The average Bonchev–Trinajstić information content (AvgIpc) is 3.26. The second kappa shape index (κ2) is 8.39. The number of hydrogen-bond donors (Lipinski definition) is 0. The van der Waals surface area contributed by atoms with Crippen molar-refractivity contribution in [1.29, 1.82) is 0 Å². The molecule has 1 aromatic rings. The Hall–Kier alpha value is -3.28. The van der Waals surface area contributed by atoms with E-state index >= 15 is 0 Å². The predicted molar refractivity (Wildman–Crippen MR) is 98.9 cm³/mol. The van der Waals surface area contributed by atoms with Crippen LogP contribution in [0.1, 0.15) is 23.2 Å². The lowest BCUT2D eigenvalue weighted by atomic mass is 10.1. The first kappa shape index (κ1) is 20.5. The highest BCUT2D eigenvalue weighted by Gasteiger charge is 2.35. The van der Waals surface area contributed by atoms with Crippen LogP contribution in [0.5, 0.6) is 0 Å². The molecule has 1 atom stereocenters. The van der Waals surface area contributed by atoms with Crippen LogP contribution in [-0.4, -0.2) is 72.6 Å². The van der Waals surface area contributed by atoms with Gasteiger partial charge in [0.2, 0.25) is 0 Å². The van der Waals surface area contributed by atoms with E-state index in [4.69, 9.17) is 4.74 Å². The number of carbonyl (C=O) groups excluding carboxylic acids is 2. The number of ether oxygens (including phenoxy) is 2. The van der Waals surface area contributed by atoms with Crippen molar-refractivity contribution in [1.82, 2.24) is 4.90 Å². The SMILES string of the molecule is COC(=O)c1cc([N+](=O)[O-])cc([N+](=O)[O-])c1N1CCN(C(=O)C2CCCO2)CC1. The zero-order valence-electron chi connectivity index (χ0n) is 15.7. The predicted octanol–water partition coefficient (Wildman–Crippen LogP) is 1.12. The summed E-state index contributed by atoms with van der Waals surface area (Å²) < 4.78 is 10.1. The highest BCUT2D eigenvalue weighted by molar-refractivity contribution is 5.99. The van der Waals surface area contributed by atoms with Crippen LogP contribution in [0.3, 0.4) is 0 Å². The molecule has 3 rings (SSSR count). The number of esters is 1. The molecule has 1 aromatic carbocycles. The Morgan fingerprint density at radius 2 is 1.83 bits per heavy atom. The maximum atomic E-state index is 12.5. The molecule has 0 saturated carbocycles. The van der Waals surface area contributed by atoms with E-state index in [1.165, 1.54) is 0 Å². The number of anilines is 1.